The van der Waals surface area contributed by atoms with E-state index in [2.05, 4.69) is 13.8 Å². The molecule has 1 nitrogen and oxygen atoms in total. The zero-order chi connectivity index (χ0) is 12.2. The van der Waals surface area contributed by atoms with Crippen LogP contribution < -0.4 is 0 Å². The van der Waals surface area contributed by atoms with Crippen LogP contribution in [0.25, 0.3) is 0 Å². The molecule has 0 aliphatic heterocycles. The molecule has 0 aliphatic carbocycles. The minimum atomic E-state index is 0. The predicted octanol–water partition coefficient (Wildman–Crippen LogP) is 3.34. The first-order chi connectivity index (χ1) is 7.79. The van der Waals surface area contributed by atoms with Gasteiger partial charge in [0.2, 0.25) is 0 Å². The average molecular weight is 262 g/mol. The van der Waals surface area contributed by atoms with E-state index in [0.717, 1.165) is 18.2 Å². The molecule has 2 heteroatoms. The first-order valence-electron chi connectivity index (χ1n) is 4.98. The molecule has 0 radical (unpaired) electrons. The van der Waals surface area contributed by atoms with Crippen LogP contribution in [0, 0.1) is 13.8 Å². The topological polar surface area (TPSA) is 20.2 Å². The van der Waals surface area contributed by atoms with E-state index in [1.165, 1.54) is 0 Å². The number of aliphatic hydroxyl groups excluding tert-OH is 1. The Bertz CT molecular complexity index is 308. The van der Waals surface area contributed by atoms with Crippen molar-refractivity contribution >= 4 is 0 Å². The Morgan fingerprint density at radius 2 is 0.882 bits per heavy atom. The van der Waals surface area contributed by atoms with Crippen molar-refractivity contribution in [3.63, 3.8) is 0 Å². The zero-order valence-corrected chi connectivity index (χ0v) is 11.7. The molecular weight excluding hydrogens is 244 g/mol. The number of rotatable bonds is 0. The van der Waals surface area contributed by atoms with Crippen molar-refractivity contribution in [2.75, 3.05) is 7.11 Å². The summed E-state index contributed by atoms with van der Waals surface area (Å²) in [4.78, 5) is 0. The molecule has 0 unspecified atom stereocenters. The Balaban J connectivity index is 0. The molecule has 0 heterocycles. The maximum atomic E-state index is 7.00. The van der Waals surface area contributed by atoms with Gasteiger partial charge in [-0.15, -0.1) is 24.3 Å². The first kappa shape index (κ1) is 18.2. The van der Waals surface area contributed by atoms with Crippen molar-refractivity contribution in [3.8, 4) is 0 Å². The van der Waals surface area contributed by atoms with E-state index in [4.69, 9.17) is 5.11 Å². The largest absolute Gasteiger partial charge is 2.00 e. The first-order valence-corrected chi connectivity index (χ1v) is 4.98. The number of hydrogen-bond acceptors (Lipinski definition) is 1. The summed E-state index contributed by atoms with van der Waals surface area (Å²) >= 11 is 0. The van der Waals surface area contributed by atoms with E-state index in [1.54, 1.807) is 0 Å². The summed E-state index contributed by atoms with van der Waals surface area (Å²) in [6.45, 7) is 7.44. The molecule has 2 aromatic carbocycles. The fourth-order valence-corrected chi connectivity index (χ4v) is 0.956. The molecule has 0 aliphatic rings. The molecule has 1 N–H and O–H groups in total. The van der Waals surface area contributed by atoms with Crippen molar-refractivity contribution in [1.29, 1.82) is 0 Å². The molecule has 0 atom stereocenters. The minimum absolute atomic E-state index is 0. The Labute approximate surface area is 119 Å². The smallest absolute Gasteiger partial charge is 0.400 e. The summed E-state index contributed by atoms with van der Waals surface area (Å²) in [6, 6.07) is 19.7. The van der Waals surface area contributed by atoms with Crippen LogP contribution in [0.1, 0.15) is 11.1 Å². The van der Waals surface area contributed by atoms with Gasteiger partial charge in [-0.3, -0.25) is 0 Å². The van der Waals surface area contributed by atoms with E-state index in [9.17, 15) is 0 Å². The molecule has 0 bridgehead atoms. The molecule has 0 fully saturated rings. The Morgan fingerprint density at radius 1 is 0.647 bits per heavy atom. The molecule has 0 saturated heterocycles. The van der Waals surface area contributed by atoms with Crippen molar-refractivity contribution in [2.45, 2.75) is 0 Å². The molecule has 2 aromatic rings. The van der Waals surface area contributed by atoms with Crippen LogP contribution in [-0.2, 0) is 21.7 Å². The number of aliphatic hydroxyl groups is 1. The van der Waals surface area contributed by atoms with Crippen LogP contribution >= 0.6 is 0 Å². The van der Waals surface area contributed by atoms with E-state index in [-0.39, 0.29) is 21.7 Å². The van der Waals surface area contributed by atoms with Crippen molar-refractivity contribution in [1.82, 2.24) is 0 Å². The monoisotopic (exact) mass is 262 g/mol. The van der Waals surface area contributed by atoms with Gasteiger partial charge in [-0.05, 0) is 0 Å². The third kappa shape index (κ3) is 11.1. The molecule has 17 heavy (non-hydrogen) atoms. The third-order valence-corrected chi connectivity index (χ3v) is 1.69. The predicted molar refractivity (Wildman–Crippen MR) is 69.9 cm³/mol. The van der Waals surface area contributed by atoms with Gasteiger partial charge in [0.15, 0.2) is 0 Å². The van der Waals surface area contributed by atoms with Crippen molar-refractivity contribution < 1.29 is 26.8 Å². The van der Waals surface area contributed by atoms with Gasteiger partial charge in [0.1, 0.15) is 0 Å². The van der Waals surface area contributed by atoms with Gasteiger partial charge >= 0.3 is 21.7 Å². The normalized spacial score (nSPS) is 7.41. The molecule has 2 rings (SSSR count). The molecule has 0 saturated carbocycles. The van der Waals surface area contributed by atoms with Gasteiger partial charge in [-0.2, -0.15) is 49.2 Å². The van der Waals surface area contributed by atoms with Crippen molar-refractivity contribution in [3.05, 3.63) is 85.6 Å². The van der Waals surface area contributed by atoms with Crippen LogP contribution in [0.15, 0.2) is 60.7 Å². The van der Waals surface area contributed by atoms with E-state index in [0.29, 0.717) is 0 Å². The standard InChI is InChI=1S/2C7H7.CH4O.Ti/c2*1-7-5-3-2-4-6-7;1-2;/h2*2-6H,1H2;2H,1H3;/q2*-1;;+2. The van der Waals surface area contributed by atoms with Crippen molar-refractivity contribution in [2.24, 2.45) is 0 Å². The van der Waals surface area contributed by atoms with Gasteiger partial charge < -0.3 is 5.11 Å². The van der Waals surface area contributed by atoms with Crippen LogP contribution in [0.5, 0.6) is 0 Å². The summed E-state index contributed by atoms with van der Waals surface area (Å²) in [5, 5.41) is 7.00. The summed E-state index contributed by atoms with van der Waals surface area (Å²) in [5.41, 5.74) is 2.14. The van der Waals surface area contributed by atoms with Crippen LogP contribution in [0.4, 0.5) is 0 Å². The van der Waals surface area contributed by atoms with Gasteiger partial charge in [0.25, 0.3) is 0 Å². The fraction of sp³-hybridized carbons (Fsp3) is 0.0667. The van der Waals surface area contributed by atoms with Crippen LogP contribution in [-0.4, -0.2) is 12.2 Å². The summed E-state index contributed by atoms with van der Waals surface area (Å²) in [7, 11) is 1.00. The van der Waals surface area contributed by atoms with Gasteiger partial charge in [0, 0.05) is 7.11 Å². The molecule has 0 amide bonds. The third-order valence-electron chi connectivity index (χ3n) is 1.69. The van der Waals surface area contributed by atoms with Gasteiger partial charge in [0.05, 0.1) is 0 Å². The van der Waals surface area contributed by atoms with Crippen LogP contribution in [0.2, 0.25) is 0 Å². The fourth-order valence-electron chi connectivity index (χ4n) is 0.956. The second-order valence-corrected chi connectivity index (χ2v) is 2.97. The molecule has 0 aromatic heterocycles. The van der Waals surface area contributed by atoms with E-state index >= 15 is 0 Å². The van der Waals surface area contributed by atoms with E-state index in [1.807, 2.05) is 60.7 Å². The van der Waals surface area contributed by atoms with Gasteiger partial charge in [-0.1, -0.05) is 12.1 Å². The SMILES string of the molecule is CO.[CH2-]c1ccccc1.[CH2-]c1ccccc1.[Ti+2]. The minimum Gasteiger partial charge on any atom is -0.400 e. The Kier molecular flexibility index (Phi) is 13.9. The molecule has 88 valence electrons. The quantitative estimate of drug-likeness (QED) is 0.570. The maximum Gasteiger partial charge on any atom is 2.00 e. The zero-order valence-electron chi connectivity index (χ0n) is 10.1. The molecular formula is C15H18OTi. The average Bonchev–Trinajstić information content (AvgIpc) is 2.34. The second kappa shape index (κ2) is 12.9. The van der Waals surface area contributed by atoms with E-state index < -0.39 is 0 Å². The molecule has 0 spiro atoms. The van der Waals surface area contributed by atoms with Crippen LogP contribution in [0.3, 0.4) is 0 Å². The summed E-state index contributed by atoms with van der Waals surface area (Å²) in [5.74, 6) is 0. The second-order valence-electron chi connectivity index (χ2n) is 2.97. The van der Waals surface area contributed by atoms with Gasteiger partial charge in [-0.25, -0.2) is 0 Å². The number of benzene rings is 2. The Morgan fingerprint density at radius 3 is 1.00 bits per heavy atom. The maximum absolute atomic E-state index is 7.00. The summed E-state index contributed by atoms with van der Waals surface area (Å²) in [6.07, 6.45) is 0. The Hall–Kier alpha value is -1.15. The summed E-state index contributed by atoms with van der Waals surface area (Å²) < 4.78 is 0. The number of hydrogen-bond donors (Lipinski definition) is 1.